The van der Waals surface area contributed by atoms with E-state index in [-0.39, 0.29) is 11.8 Å². The van der Waals surface area contributed by atoms with Crippen molar-refractivity contribution in [3.8, 4) is 11.8 Å². The summed E-state index contributed by atoms with van der Waals surface area (Å²) in [6, 6.07) is 9.31. The van der Waals surface area contributed by atoms with Gasteiger partial charge in [0.1, 0.15) is 11.6 Å². The molecule has 0 radical (unpaired) electrons. The molecule has 1 aliphatic heterocycles. The summed E-state index contributed by atoms with van der Waals surface area (Å²) in [4.78, 5) is 13.1. The SMILES string of the molecule is O=C(O)CCN1Cc2ccc(C#Cc3cc(F)cc(F)c3)cc2C2(CC2)C1. The third-order valence-corrected chi connectivity index (χ3v) is 5.31. The van der Waals surface area contributed by atoms with Crippen LogP contribution in [0, 0.1) is 23.5 Å². The number of nitrogens with zero attached hydrogens (tertiary/aromatic N) is 1. The van der Waals surface area contributed by atoms with Crippen LogP contribution in [0.25, 0.3) is 0 Å². The third kappa shape index (κ3) is 3.86. The Balaban J connectivity index is 1.58. The fraction of sp³-hybridized carbons (Fsp3) is 0.318. The largest absolute Gasteiger partial charge is 0.481 e. The standard InChI is InChI=1S/C22H19F2NO2/c23-18-9-16(10-19(24)12-18)2-1-15-3-4-17-13-25(8-5-21(26)27)14-22(6-7-22)20(17)11-15/h3-4,9-12H,5-8,13-14H2,(H,26,27). The molecule has 1 saturated carbocycles. The molecule has 1 fully saturated rings. The molecule has 4 rings (SSSR count). The molecule has 3 nitrogen and oxygen atoms in total. The van der Waals surface area contributed by atoms with Crippen molar-refractivity contribution in [3.63, 3.8) is 0 Å². The molecule has 1 heterocycles. The average Bonchev–Trinajstić information content (AvgIpc) is 3.37. The number of fused-ring (bicyclic) bond motifs is 2. The van der Waals surface area contributed by atoms with Crippen LogP contribution in [-0.4, -0.2) is 29.1 Å². The maximum atomic E-state index is 13.3. The second-order valence-electron chi connectivity index (χ2n) is 7.41. The Morgan fingerprint density at radius 2 is 1.78 bits per heavy atom. The molecule has 2 aliphatic rings. The van der Waals surface area contributed by atoms with Crippen molar-refractivity contribution in [2.45, 2.75) is 31.2 Å². The highest BCUT2D eigenvalue weighted by atomic mass is 19.1. The number of halogens is 2. The van der Waals surface area contributed by atoms with Crippen LogP contribution < -0.4 is 0 Å². The molecule has 1 spiro atoms. The minimum Gasteiger partial charge on any atom is -0.481 e. The Hall–Kier alpha value is -2.71. The molecule has 1 aliphatic carbocycles. The molecule has 1 N–H and O–H groups in total. The van der Waals surface area contributed by atoms with Crippen molar-refractivity contribution in [3.05, 3.63) is 70.3 Å². The van der Waals surface area contributed by atoms with Crippen molar-refractivity contribution >= 4 is 5.97 Å². The summed E-state index contributed by atoms with van der Waals surface area (Å²) in [5.74, 6) is 3.80. The molecule has 2 aromatic carbocycles. The number of hydrogen-bond acceptors (Lipinski definition) is 2. The van der Waals surface area contributed by atoms with Crippen LogP contribution in [0.4, 0.5) is 8.78 Å². The van der Waals surface area contributed by atoms with Gasteiger partial charge in [-0.1, -0.05) is 17.9 Å². The van der Waals surface area contributed by atoms with Crippen molar-refractivity contribution in [1.29, 1.82) is 0 Å². The van der Waals surface area contributed by atoms with Gasteiger partial charge in [-0.2, -0.15) is 0 Å². The minimum absolute atomic E-state index is 0.106. The maximum Gasteiger partial charge on any atom is 0.304 e. The summed E-state index contributed by atoms with van der Waals surface area (Å²) in [5, 5.41) is 8.92. The van der Waals surface area contributed by atoms with Gasteiger partial charge in [0.25, 0.3) is 0 Å². The molecule has 0 aromatic heterocycles. The first-order valence-electron chi connectivity index (χ1n) is 8.99. The normalized spacial score (nSPS) is 17.1. The lowest BCUT2D eigenvalue weighted by Gasteiger charge is -2.35. The van der Waals surface area contributed by atoms with E-state index in [2.05, 4.69) is 22.8 Å². The van der Waals surface area contributed by atoms with Crippen molar-refractivity contribution < 1.29 is 18.7 Å². The maximum absolute atomic E-state index is 13.3. The zero-order valence-corrected chi connectivity index (χ0v) is 14.8. The zero-order valence-electron chi connectivity index (χ0n) is 14.8. The lowest BCUT2D eigenvalue weighted by Crippen LogP contribution is -2.39. The Labute approximate surface area is 156 Å². The van der Waals surface area contributed by atoms with Crippen molar-refractivity contribution in [1.82, 2.24) is 4.90 Å². The van der Waals surface area contributed by atoms with Crippen molar-refractivity contribution in [2.75, 3.05) is 13.1 Å². The highest BCUT2D eigenvalue weighted by molar-refractivity contribution is 5.66. The van der Waals surface area contributed by atoms with Gasteiger partial charge in [-0.25, -0.2) is 8.78 Å². The van der Waals surface area contributed by atoms with E-state index in [0.717, 1.165) is 37.6 Å². The second-order valence-corrected chi connectivity index (χ2v) is 7.41. The van der Waals surface area contributed by atoms with Crippen LogP contribution in [0.5, 0.6) is 0 Å². The van der Waals surface area contributed by atoms with Gasteiger partial charge >= 0.3 is 5.97 Å². The van der Waals surface area contributed by atoms with E-state index in [4.69, 9.17) is 5.11 Å². The Morgan fingerprint density at radius 3 is 2.44 bits per heavy atom. The molecule has 0 amide bonds. The van der Waals surface area contributed by atoms with E-state index in [1.54, 1.807) is 0 Å². The quantitative estimate of drug-likeness (QED) is 0.842. The predicted octanol–water partition coefficient (Wildman–Crippen LogP) is 3.69. The fourth-order valence-electron chi connectivity index (χ4n) is 3.86. The minimum atomic E-state index is -0.773. The number of rotatable bonds is 3. The summed E-state index contributed by atoms with van der Waals surface area (Å²) in [6.45, 7) is 2.18. The number of aliphatic carboxylic acids is 1. The van der Waals surface area contributed by atoms with E-state index in [0.29, 0.717) is 12.1 Å². The Kier molecular flexibility index (Phi) is 4.45. The molecule has 0 bridgehead atoms. The first kappa shape index (κ1) is 17.7. The van der Waals surface area contributed by atoms with Crippen LogP contribution in [-0.2, 0) is 16.8 Å². The Bertz CT molecular complexity index is 950. The molecular weight excluding hydrogens is 348 g/mol. The van der Waals surface area contributed by atoms with Gasteiger partial charge in [-0.3, -0.25) is 9.69 Å². The Morgan fingerprint density at radius 1 is 1.07 bits per heavy atom. The van der Waals surface area contributed by atoms with Crippen LogP contribution in [0.15, 0.2) is 36.4 Å². The molecule has 2 aromatic rings. The average molecular weight is 367 g/mol. The van der Waals surface area contributed by atoms with Gasteiger partial charge in [-0.15, -0.1) is 0 Å². The fourth-order valence-corrected chi connectivity index (χ4v) is 3.86. The molecule has 0 atom stereocenters. The summed E-state index contributed by atoms with van der Waals surface area (Å²) in [5.41, 5.74) is 3.74. The van der Waals surface area contributed by atoms with E-state index in [1.165, 1.54) is 23.3 Å². The number of carboxylic acids is 1. The van der Waals surface area contributed by atoms with Crippen LogP contribution in [0.3, 0.4) is 0 Å². The monoisotopic (exact) mass is 367 g/mol. The van der Waals surface area contributed by atoms with Gasteiger partial charge in [0.05, 0.1) is 6.42 Å². The molecule has 0 unspecified atom stereocenters. The highest BCUT2D eigenvalue weighted by Gasteiger charge is 2.48. The van der Waals surface area contributed by atoms with E-state index in [1.807, 2.05) is 12.1 Å². The first-order chi connectivity index (χ1) is 12.9. The van der Waals surface area contributed by atoms with E-state index >= 15 is 0 Å². The van der Waals surface area contributed by atoms with Crippen LogP contribution in [0.1, 0.15) is 41.5 Å². The van der Waals surface area contributed by atoms with Gasteiger partial charge in [0.15, 0.2) is 0 Å². The van der Waals surface area contributed by atoms with Crippen LogP contribution >= 0.6 is 0 Å². The van der Waals surface area contributed by atoms with Crippen molar-refractivity contribution in [2.24, 2.45) is 0 Å². The molecule has 0 saturated heterocycles. The zero-order chi connectivity index (χ0) is 19.0. The highest BCUT2D eigenvalue weighted by Crippen LogP contribution is 2.52. The number of carboxylic acid groups (broad SMARTS) is 1. The summed E-state index contributed by atoms with van der Waals surface area (Å²) >= 11 is 0. The predicted molar refractivity (Wildman–Crippen MR) is 97.2 cm³/mol. The van der Waals surface area contributed by atoms with Crippen LogP contribution in [0.2, 0.25) is 0 Å². The van der Waals surface area contributed by atoms with Gasteiger partial charge in [0, 0.05) is 42.2 Å². The molecule has 138 valence electrons. The lowest BCUT2D eigenvalue weighted by molar-refractivity contribution is -0.137. The van der Waals surface area contributed by atoms with Gasteiger partial charge in [0.2, 0.25) is 0 Å². The topological polar surface area (TPSA) is 40.5 Å². The first-order valence-corrected chi connectivity index (χ1v) is 8.99. The van der Waals surface area contributed by atoms with E-state index < -0.39 is 17.6 Å². The van der Waals surface area contributed by atoms with Gasteiger partial charge in [-0.05, 0) is 48.2 Å². The summed E-state index contributed by atoms with van der Waals surface area (Å²) < 4.78 is 26.6. The summed E-state index contributed by atoms with van der Waals surface area (Å²) in [7, 11) is 0. The number of carbonyl (C=O) groups is 1. The van der Waals surface area contributed by atoms with Gasteiger partial charge < -0.3 is 5.11 Å². The molecular formula is C22H19F2NO2. The molecule has 27 heavy (non-hydrogen) atoms. The molecule has 5 heteroatoms. The smallest absolute Gasteiger partial charge is 0.304 e. The lowest BCUT2D eigenvalue weighted by atomic mass is 9.85. The third-order valence-electron chi connectivity index (χ3n) is 5.31. The van der Waals surface area contributed by atoms with E-state index in [9.17, 15) is 13.6 Å². The summed E-state index contributed by atoms with van der Waals surface area (Å²) in [6.07, 6.45) is 2.34. The number of hydrogen-bond donors (Lipinski definition) is 1. The second kappa shape index (κ2) is 6.79. The number of benzene rings is 2.